The van der Waals surface area contributed by atoms with Crippen LogP contribution in [-0.4, -0.2) is 64.4 Å². The van der Waals surface area contributed by atoms with Gasteiger partial charge >= 0.3 is 0 Å². The van der Waals surface area contributed by atoms with E-state index in [1.165, 1.54) is 22.4 Å². The molecule has 1 aromatic carbocycles. The van der Waals surface area contributed by atoms with Gasteiger partial charge in [0.1, 0.15) is 12.3 Å². The summed E-state index contributed by atoms with van der Waals surface area (Å²) in [6, 6.07) is 8.84. The molecule has 1 atom stereocenters. The van der Waals surface area contributed by atoms with E-state index < -0.39 is 6.10 Å². The molecule has 0 radical (unpaired) electrons. The molecule has 0 spiro atoms. The number of hydrogen-bond acceptors (Lipinski definition) is 6. The van der Waals surface area contributed by atoms with Gasteiger partial charge < -0.3 is 19.3 Å². The van der Waals surface area contributed by atoms with Crippen LogP contribution in [0.4, 0.5) is 5.69 Å². The lowest BCUT2D eigenvalue weighted by Crippen LogP contribution is -2.33. The first-order chi connectivity index (χ1) is 16.8. The molecule has 2 aliphatic rings. The summed E-state index contributed by atoms with van der Waals surface area (Å²) in [5, 5.41) is 0.458. The molecule has 3 aromatic rings. The molecule has 0 N–H and O–H groups in total. The van der Waals surface area contributed by atoms with E-state index in [1.807, 2.05) is 6.07 Å². The van der Waals surface area contributed by atoms with E-state index in [9.17, 15) is 14.4 Å². The second-order valence-electron chi connectivity index (χ2n) is 9.35. The van der Waals surface area contributed by atoms with E-state index in [4.69, 9.17) is 9.47 Å². The van der Waals surface area contributed by atoms with Crippen molar-refractivity contribution < 1.29 is 19.1 Å². The van der Waals surface area contributed by atoms with E-state index in [0.29, 0.717) is 53.7 Å². The fraction of sp³-hybridized carbons (Fsp3) is 0.440. The largest absolute Gasteiger partial charge is 0.479 e. The first-order valence-corrected chi connectivity index (χ1v) is 11.8. The number of likely N-dealkylation sites (N-methyl/N-ethyl adjacent to an activating group) is 1. The van der Waals surface area contributed by atoms with E-state index in [-0.39, 0.29) is 23.9 Å². The summed E-state index contributed by atoms with van der Waals surface area (Å²) in [6.45, 7) is 1.11. The Hall–Kier alpha value is -3.82. The minimum atomic E-state index is -0.629. The Kier molecular flexibility index (Phi) is 5.96. The molecule has 0 bridgehead atoms. The van der Waals surface area contributed by atoms with Gasteiger partial charge in [-0.2, -0.15) is 0 Å². The quantitative estimate of drug-likeness (QED) is 0.489. The zero-order valence-electron chi connectivity index (χ0n) is 20.1. The highest BCUT2D eigenvalue weighted by molar-refractivity contribution is 6.00. The van der Waals surface area contributed by atoms with Gasteiger partial charge in [-0.3, -0.25) is 19.1 Å². The van der Waals surface area contributed by atoms with Crippen LogP contribution in [0.15, 0.2) is 41.3 Å². The first-order valence-electron chi connectivity index (χ1n) is 11.8. The molecule has 10 heteroatoms. The molecule has 2 amide bonds. The summed E-state index contributed by atoms with van der Waals surface area (Å²) in [4.78, 5) is 45.6. The first kappa shape index (κ1) is 22.9. The number of amides is 2. The molecule has 1 aliphatic carbocycles. The van der Waals surface area contributed by atoms with Crippen molar-refractivity contribution >= 4 is 28.4 Å². The molecule has 1 aliphatic heterocycles. The number of benzene rings is 1. The van der Waals surface area contributed by atoms with Crippen LogP contribution in [0.5, 0.6) is 11.6 Å². The molecule has 1 saturated carbocycles. The van der Waals surface area contributed by atoms with Gasteiger partial charge in [-0.05, 0) is 43.0 Å². The van der Waals surface area contributed by atoms with Crippen LogP contribution < -0.4 is 19.9 Å². The third-order valence-electron chi connectivity index (χ3n) is 6.56. The third-order valence-corrected chi connectivity index (χ3v) is 6.56. The molecule has 10 nitrogen and oxygen atoms in total. The number of ether oxygens (including phenoxy) is 2. The van der Waals surface area contributed by atoms with Crippen LogP contribution in [0.3, 0.4) is 0 Å². The number of pyridine rings is 1. The number of carbonyl (C=O) groups excluding carboxylic acids is 2. The minimum absolute atomic E-state index is 0.0522. The predicted molar refractivity (Wildman–Crippen MR) is 130 cm³/mol. The van der Waals surface area contributed by atoms with Crippen molar-refractivity contribution in [3.8, 4) is 11.6 Å². The SMILES string of the molecule is CN(C)C(=O)Cn1c(=O)c2cc(N3CCC(Oc4ccc(OCC5CC5)nc4)C3=O)ccc2n1C. The Labute approximate surface area is 202 Å². The van der Waals surface area contributed by atoms with Gasteiger partial charge in [0.25, 0.3) is 11.5 Å². The number of hydrogen-bond donors (Lipinski definition) is 0. The second kappa shape index (κ2) is 9.09. The smallest absolute Gasteiger partial charge is 0.275 e. The van der Waals surface area contributed by atoms with Crippen LogP contribution in [-0.2, 0) is 23.2 Å². The zero-order valence-corrected chi connectivity index (χ0v) is 20.1. The number of aromatic nitrogens is 3. The molecule has 2 fully saturated rings. The number of nitrogens with zero attached hydrogens (tertiary/aromatic N) is 5. The number of carbonyl (C=O) groups is 2. The average molecular weight is 480 g/mol. The summed E-state index contributed by atoms with van der Waals surface area (Å²) in [6.07, 6.45) is 3.89. The van der Waals surface area contributed by atoms with E-state index in [2.05, 4.69) is 4.98 Å². The molecule has 3 heterocycles. The summed E-state index contributed by atoms with van der Waals surface area (Å²) in [5.74, 6) is 1.37. The van der Waals surface area contributed by atoms with Crippen LogP contribution in [0, 0.1) is 5.92 Å². The fourth-order valence-corrected chi connectivity index (χ4v) is 4.19. The lowest BCUT2D eigenvalue weighted by atomic mass is 10.2. The second-order valence-corrected chi connectivity index (χ2v) is 9.35. The predicted octanol–water partition coefficient (Wildman–Crippen LogP) is 1.80. The maximum Gasteiger partial charge on any atom is 0.275 e. The van der Waals surface area contributed by atoms with Crippen LogP contribution in [0.2, 0.25) is 0 Å². The molecule has 35 heavy (non-hydrogen) atoms. The fourth-order valence-electron chi connectivity index (χ4n) is 4.19. The monoisotopic (exact) mass is 479 g/mol. The Morgan fingerprint density at radius 3 is 2.63 bits per heavy atom. The van der Waals surface area contributed by atoms with Crippen molar-refractivity contribution in [2.45, 2.75) is 31.9 Å². The van der Waals surface area contributed by atoms with Crippen molar-refractivity contribution in [1.29, 1.82) is 0 Å². The molecular weight excluding hydrogens is 450 g/mol. The van der Waals surface area contributed by atoms with Gasteiger partial charge in [0.05, 0.1) is 23.7 Å². The Bertz CT molecular complexity index is 1320. The number of anilines is 1. The molecule has 1 unspecified atom stereocenters. The maximum atomic E-state index is 13.1. The summed E-state index contributed by atoms with van der Waals surface area (Å²) >= 11 is 0. The van der Waals surface area contributed by atoms with Crippen molar-refractivity contribution in [1.82, 2.24) is 19.2 Å². The van der Waals surface area contributed by atoms with E-state index >= 15 is 0 Å². The van der Waals surface area contributed by atoms with Gasteiger partial charge in [0.2, 0.25) is 11.8 Å². The highest BCUT2D eigenvalue weighted by Crippen LogP contribution is 2.30. The Balaban J connectivity index is 1.29. The van der Waals surface area contributed by atoms with Gasteiger partial charge in [0, 0.05) is 45.9 Å². The van der Waals surface area contributed by atoms with Crippen molar-refractivity contribution in [3.63, 3.8) is 0 Å². The molecular formula is C25H29N5O5. The zero-order chi connectivity index (χ0) is 24.7. The van der Waals surface area contributed by atoms with E-state index in [1.54, 1.807) is 61.2 Å². The maximum absolute atomic E-state index is 13.1. The minimum Gasteiger partial charge on any atom is -0.479 e. The molecule has 1 saturated heterocycles. The normalized spacial score (nSPS) is 17.7. The number of rotatable bonds is 8. The summed E-state index contributed by atoms with van der Waals surface area (Å²) < 4.78 is 14.6. The standard InChI is InChI=1S/C25H29N5O5/c1-27(2)23(31)14-30-24(32)19-12-17(6-8-20(19)28(30)3)29-11-10-21(25(29)33)35-18-7-9-22(26-13-18)34-15-16-4-5-16/h6-9,12-13,16,21H,4-5,10-11,14-15H2,1-3H3. The van der Waals surface area contributed by atoms with Crippen LogP contribution >= 0.6 is 0 Å². The van der Waals surface area contributed by atoms with Crippen molar-refractivity contribution in [2.75, 3.05) is 32.1 Å². The molecule has 184 valence electrons. The van der Waals surface area contributed by atoms with Crippen LogP contribution in [0.25, 0.3) is 10.9 Å². The highest BCUT2D eigenvalue weighted by atomic mass is 16.5. The third kappa shape index (κ3) is 4.60. The topological polar surface area (TPSA) is 98.9 Å². The average Bonchev–Trinajstić information content (AvgIpc) is 3.58. The van der Waals surface area contributed by atoms with Gasteiger partial charge in [-0.25, -0.2) is 9.67 Å². The van der Waals surface area contributed by atoms with Crippen molar-refractivity contribution in [3.05, 3.63) is 46.9 Å². The lowest BCUT2D eigenvalue weighted by Gasteiger charge is -2.17. The molecule has 5 rings (SSSR count). The molecule has 2 aromatic heterocycles. The lowest BCUT2D eigenvalue weighted by molar-refractivity contribution is -0.129. The Morgan fingerprint density at radius 2 is 1.94 bits per heavy atom. The van der Waals surface area contributed by atoms with Gasteiger partial charge in [-0.1, -0.05) is 0 Å². The van der Waals surface area contributed by atoms with E-state index in [0.717, 1.165) is 0 Å². The van der Waals surface area contributed by atoms with Gasteiger partial charge in [-0.15, -0.1) is 0 Å². The van der Waals surface area contributed by atoms with Crippen molar-refractivity contribution in [2.24, 2.45) is 13.0 Å². The number of aryl methyl sites for hydroxylation is 1. The number of fused-ring (bicyclic) bond motifs is 1. The Morgan fingerprint density at radius 1 is 1.14 bits per heavy atom. The summed E-state index contributed by atoms with van der Waals surface area (Å²) in [5.41, 5.74) is 1.05. The van der Waals surface area contributed by atoms with Gasteiger partial charge in [0.15, 0.2) is 6.10 Å². The summed E-state index contributed by atoms with van der Waals surface area (Å²) in [7, 11) is 5.05. The highest BCUT2D eigenvalue weighted by Gasteiger charge is 2.35. The van der Waals surface area contributed by atoms with Crippen LogP contribution in [0.1, 0.15) is 19.3 Å².